The molecule has 0 N–H and O–H groups in total. The van der Waals surface area contributed by atoms with E-state index in [4.69, 9.17) is 42.6 Å². The molecule has 10 heteroatoms. The number of esters is 2. The van der Waals surface area contributed by atoms with Crippen LogP contribution in [0.25, 0.3) is 0 Å². The van der Waals surface area contributed by atoms with Crippen molar-refractivity contribution in [2.75, 3.05) is 0 Å². The molecule has 0 amide bonds. The third-order valence-corrected chi connectivity index (χ3v) is 29.0. The lowest BCUT2D eigenvalue weighted by Crippen LogP contribution is -2.40. The summed E-state index contributed by atoms with van der Waals surface area (Å²) in [4.78, 5) is 27.7. The predicted octanol–water partition coefficient (Wildman–Crippen LogP) is 11.0. The topological polar surface area (TPSA) is 71.1 Å². The first-order valence-corrected chi connectivity index (χ1v) is 29.0. The molecular formula is C48H68O6P2S2. The Morgan fingerprint density at radius 3 is 1.40 bits per heavy atom. The molecule has 1 aromatic carbocycles. The fraction of sp³-hybridized carbons (Fsp3) is 0.750. The van der Waals surface area contributed by atoms with Gasteiger partial charge in [-0.1, -0.05) is 112 Å². The second kappa shape index (κ2) is 15.3. The zero-order valence-electron chi connectivity index (χ0n) is 36.5. The largest absolute Gasteiger partial charge is 0.435 e. The van der Waals surface area contributed by atoms with Gasteiger partial charge in [0, 0.05) is 46.8 Å². The molecule has 8 aliphatic rings. The molecule has 58 heavy (non-hydrogen) atoms. The molecule has 18 atom stereocenters. The second-order valence-corrected chi connectivity index (χ2v) is 31.5. The van der Waals surface area contributed by atoms with Crippen molar-refractivity contribution in [1.29, 1.82) is 0 Å². The summed E-state index contributed by atoms with van der Waals surface area (Å²) in [5, 5.41) is 0. The lowest BCUT2D eigenvalue weighted by atomic mass is 9.74. The standard InChI is InChI=1S/C48H68O6P2S2/c1-23(2)33-18-25(5)14-16-35(33)51-47-39-37(45(49)53-47)41-27(7)29(9)43(39)55(41,57)21-31-12-11-13-32(20-31)22-56(58)42-28(8)30(10)44(56)40-38(42)46(50)54-48(40)52-36-17-15-26(6)19-34(36)24(3)4/h11-13,20,23-26,33-44,47-48H,14-19,21-22H2,1-10H3/t25-,26-,33-,34-,35?,36?,37+,38+,39?,40?,41?,42?,43?,44?,47+,48+,55?,56?/m0/s1. The van der Waals surface area contributed by atoms with Crippen LogP contribution in [0.2, 0.25) is 0 Å². The van der Waals surface area contributed by atoms with E-state index in [-0.39, 0.29) is 70.5 Å². The molecule has 0 spiro atoms. The summed E-state index contributed by atoms with van der Waals surface area (Å²) >= 11 is 13.9. The van der Waals surface area contributed by atoms with Crippen LogP contribution < -0.4 is 0 Å². The Morgan fingerprint density at radius 1 is 0.638 bits per heavy atom. The summed E-state index contributed by atoms with van der Waals surface area (Å²) in [6, 6.07) is 4.83. The molecule has 2 aliphatic carbocycles. The van der Waals surface area contributed by atoms with Crippen molar-refractivity contribution in [3.05, 3.63) is 57.7 Å². The summed E-state index contributed by atoms with van der Waals surface area (Å²) in [5.74, 6) is 2.77. The minimum Gasteiger partial charge on any atom is -0.435 e. The van der Waals surface area contributed by atoms with Gasteiger partial charge in [0.25, 0.3) is 0 Å². The highest BCUT2D eigenvalue weighted by Gasteiger charge is 2.70. The van der Waals surface area contributed by atoms with Gasteiger partial charge in [-0.05, 0) is 125 Å². The molecule has 6 aliphatic heterocycles. The SMILES string of the molecule is CC1=C(C)C2[C@@H]3C(=O)O[C@@H](OC4CC[C@H](C)C[C@H]4C(C)C)C3C1P2(=S)Cc1cccc(CP2(=S)C3C(C)=C(C)C2[C@@H]2C(=O)O[C@@H](OC4CC[C@H](C)C[C@H]4C(C)C)C32)c1. The molecule has 4 saturated heterocycles. The van der Waals surface area contributed by atoms with Gasteiger partial charge in [0.05, 0.1) is 24.0 Å². The van der Waals surface area contributed by atoms with E-state index in [2.05, 4.69) is 93.5 Å². The highest BCUT2D eigenvalue weighted by atomic mass is 32.4. The normalized spacial score (nSPS) is 46.8. The van der Waals surface area contributed by atoms with E-state index in [0.717, 1.165) is 38.0 Å². The van der Waals surface area contributed by atoms with Crippen LogP contribution in [0.5, 0.6) is 0 Å². The Kier molecular flexibility index (Phi) is 11.1. The van der Waals surface area contributed by atoms with Gasteiger partial charge in [0.2, 0.25) is 12.6 Å². The van der Waals surface area contributed by atoms with Gasteiger partial charge >= 0.3 is 11.9 Å². The summed E-state index contributed by atoms with van der Waals surface area (Å²) in [6.07, 6.45) is 7.54. The Bertz CT molecular complexity index is 1890. The third-order valence-electron chi connectivity index (χ3n) is 17.2. The first kappa shape index (κ1) is 42.2. The number of ether oxygens (including phenoxy) is 4. The average Bonchev–Trinajstić information content (AvgIpc) is 3.89. The van der Waals surface area contributed by atoms with Crippen molar-refractivity contribution in [2.24, 2.45) is 59.2 Å². The van der Waals surface area contributed by atoms with Gasteiger partial charge in [-0.15, -0.1) is 0 Å². The number of carbonyl (C=O) groups is 2. The number of carbonyl (C=O) groups excluding carboxylic acids is 2. The number of benzene rings is 1. The van der Waals surface area contributed by atoms with Crippen LogP contribution >= 0.6 is 12.1 Å². The Labute approximate surface area is 358 Å². The first-order chi connectivity index (χ1) is 27.4. The van der Waals surface area contributed by atoms with Gasteiger partial charge in [0.15, 0.2) is 0 Å². The Balaban J connectivity index is 0.957. The van der Waals surface area contributed by atoms with Gasteiger partial charge in [0.1, 0.15) is 0 Å². The van der Waals surface area contributed by atoms with E-state index >= 15 is 0 Å². The van der Waals surface area contributed by atoms with E-state index in [1.807, 2.05) is 0 Å². The molecule has 1 aromatic rings. The van der Waals surface area contributed by atoms with Crippen molar-refractivity contribution in [2.45, 2.75) is 168 Å². The van der Waals surface area contributed by atoms with Crippen LogP contribution in [0, 0.1) is 59.2 Å². The van der Waals surface area contributed by atoms with Gasteiger partial charge < -0.3 is 18.9 Å². The highest BCUT2D eigenvalue weighted by Crippen LogP contribution is 2.80. The smallest absolute Gasteiger partial charge is 0.312 e. The Morgan fingerprint density at radius 2 is 1.02 bits per heavy atom. The molecule has 6 nitrogen and oxygen atoms in total. The maximum Gasteiger partial charge on any atom is 0.312 e. The number of rotatable bonds is 10. The second-order valence-electron chi connectivity index (χ2n) is 21.2. The lowest BCUT2D eigenvalue weighted by molar-refractivity contribution is -0.195. The van der Waals surface area contributed by atoms with E-state index in [1.54, 1.807) is 0 Å². The molecular weight excluding hydrogens is 799 g/mol. The average molecular weight is 867 g/mol. The number of fused-ring (bicyclic) bond motifs is 10. The lowest BCUT2D eigenvalue weighted by Gasteiger charge is -2.39. The minimum absolute atomic E-state index is 0.00230. The van der Waals surface area contributed by atoms with Crippen LogP contribution in [0.4, 0.5) is 0 Å². The molecule has 10 unspecified atom stereocenters. The zero-order valence-corrected chi connectivity index (χ0v) is 39.9. The summed E-state index contributed by atoms with van der Waals surface area (Å²) in [6.45, 7) is 22.9. The maximum atomic E-state index is 13.9. The molecule has 6 heterocycles. The molecule has 9 rings (SSSR count). The monoisotopic (exact) mass is 866 g/mol. The van der Waals surface area contributed by atoms with Crippen molar-refractivity contribution < 1.29 is 28.5 Å². The minimum atomic E-state index is -2.12. The molecule has 0 aromatic heterocycles. The third kappa shape index (κ3) is 6.47. The number of cyclic esters (lactones) is 2. The van der Waals surface area contributed by atoms with Crippen molar-refractivity contribution in [3.8, 4) is 0 Å². The van der Waals surface area contributed by atoms with Crippen molar-refractivity contribution in [3.63, 3.8) is 0 Å². The molecule has 6 fully saturated rings. The predicted molar refractivity (Wildman–Crippen MR) is 240 cm³/mol. The van der Waals surface area contributed by atoms with E-state index in [9.17, 15) is 9.59 Å². The fourth-order valence-corrected chi connectivity index (χ4v) is 28.7. The zero-order chi connectivity index (χ0) is 41.3. The maximum absolute atomic E-state index is 13.9. The van der Waals surface area contributed by atoms with Crippen molar-refractivity contribution >= 4 is 47.6 Å². The fourth-order valence-electron chi connectivity index (χ4n) is 14.3. The molecule has 318 valence electrons. The Hall–Kier alpha value is -1.14. The molecule has 2 saturated carbocycles. The summed E-state index contributed by atoms with van der Waals surface area (Å²) in [5.41, 5.74) is 8.35. The summed E-state index contributed by atoms with van der Waals surface area (Å²) in [7, 11) is 0. The van der Waals surface area contributed by atoms with Crippen LogP contribution in [-0.2, 0) is 64.5 Å². The first-order valence-electron chi connectivity index (χ1n) is 22.8. The number of hydrogen-bond acceptors (Lipinski definition) is 8. The molecule has 4 bridgehead atoms. The van der Waals surface area contributed by atoms with Crippen LogP contribution in [0.3, 0.4) is 0 Å². The van der Waals surface area contributed by atoms with Crippen molar-refractivity contribution in [1.82, 2.24) is 0 Å². The van der Waals surface area contributed by atoms with Gasteiger partial charge in [-0.25, -0.2) is 0 Å². The van der Waals surface area contributed by atoms with Crippen LogP contribution in [0.15, 0.2) is 46.6 Å². The van der Waals surface area contributed by atoms with Gasteiger partial charge in [-0.2, -0.15) is 0 Å². The van der Waals surface area contributed by atoms with E-state index in [1.165, 1.54) is 46.3 Å². The number of allylic oxidation sites excluding steroid dienone is 4. The van der Waals surface area contributed by atoms with Crippen LogP contribution in [0.1, 0.15) is 119 Å². The quantitative estimate of drug-likeness (QED) is 0.131. The summed E-state index contributed by atoms with van der Waals surface area (Å²) < 4.78 is 26.3. The molecule has 0 radical (unpaired) electrons. The van der Waals surface area contributed by atoms with E-state index < -0.39 is 24.7 Å². The number of hydrogen-bond donors (Lipinski definition) is 0. The van der Waals surface area contributed by atoms with E-state index in [0.29, 0.717) is 35.5 Å². The van der Waals surface area contributed by atoms with Gasteiger partial charge in [-0.3, -0.25) is 9.59 Å². The van der Waals surface area contributed by atoms with Crippen LogP contribution in [-0.4, -0.2) is 59.4 Å². The highest BCUT2D eigenvalue weighted by molar-refractivity contribution is 8.15.